The minimum atomic E-state index is -4.49. The molecule has 0 aromatic heterocycles. The highest BCUT2D eigenvalue weighted by Gasteiger charge is 2.35. The number of benzene rings is 2. The zero-order chi connectivity index (χ0) is 23.3. The first-order chi connectivity index (χ1) is 15.2. The Balaban J connectivity index is 1.65. The number of rotatable bonds is 5. The molecule has 1 saturated heterocycles. The summed E-state index contributed by atoms with van der Waals surface area (Å²) < 4.78 is 43.1. The maximum absolute atomic E-state index is 12.7. The average Bonchev–Trinajstić information content (AvgIpc) is 2.75. The van der Waals surface area contributed by atoms with Gasteiger partial charge in [-0.05, 0) is 48.5 Å². The van der Waals surface area contributed by atoms with E-state index in [1.165, 1.54) is 12.0 Å². The smallest absolute Gasteiger partial charge is 0.416 e. The van der Waals surface area contributed by atoms with Crippen LogP contribution in [0.3, 0.4) is 0 Å². The first-order valence-corrected chi connectivity index (χ1v) is 9.64. The lowest BCUT2D eigenvalue weighted by Crippen LogP contribution is -2.59. The lowest BCUT2D eigenvalue weighted by atomic mass is 10.1. The van der Waals surface area contributed by atoms with Crippen LogP contribution in [0.1, 0.15) is 12.0 Å². The molecule has 1 aliphatic heterocycles. The number of methoxy groups -OCH3 is 1. The Morgan fingerprint density at radius 3 is 2.25 bits per heavy atom. The minimum Gasteiger partial charge on any atom is -0.497 e. The average molecular weight is 450 g/mol. The van der Waals surface area contributed by atoms with Crippen LogP contribution in [0.25, 0.3) is 0 Å². The molecule has 0 spiro atoms. The third-order valence-electron chi connectivity index (χ3n) is 4.81. The molecule has 1 heterocycles. The number of halogens is 3. The second-order valence-electron chi connectivity index (χ2n) is 6.99. The molecule has 3 rings (SSSR count). The van der Waals surface area contributed by atoms with Crippen molar-refractivity contribution in [3.63, 3.8) is 0 Å². The van der Waals surface area contributed by atoms with E-state index in [4.69, 9.17) is 4.74 Å². The highest BCUT2D eigenvalue weighted by Crippen LogP contribution is 2.30. The van der Waals surface area contributed by atoms with Crippen molar-refractivity contribution in [2.45, 2.75) is 18.6 Å². The molecule has 0 bridgehead atoms. The van der Waals surface area contributed by atoms with Gasteiger partial charge in [0.2, 0.25) is 11.8 Å². The number of nitrogens with zero attached hydrogens (tertiary/aromatic N) is 1. The van der Waals surface area contributed by atoms with Gasteiger partial charge < -0.3 is 25.6 Å². The van der Waals surface area contributed by atoms with E-state index in [0.29, 0.717) is 11.4 Å². The van der Waals surface area contributed by atoms with E-state index in [1.54, 1.807) is 24.3 Å². The third kappa shape index (κ3) is 5.68. The van der Waals surface area contributed by atoms with Gasteiger partial charge >= 0.3 is 12.2 Å². The Morgan fingerprint density at radius 1 is 1.06 bits per heavy atom. The van der Waals surface area contributed by atoms with Crippen LogP contribution in [0.2, 0.25) is 0 Å². The van der Waals surface area contributed by atoms with Gasteiger partial charge in [0.15, 0.2) is 0 Å². The first kappa shape index (κ1) is 22.9. The zero-order valence-electron chi connectivity index (χ0n) is 17.0. The van der Waals surface area contributed by atoms with Crippen LogP contribution >= 0.6 is 0 Å². The normalized spacial score (nSPS) is 16.2. The number of urea groups is 1. The number of nitrogens with one attached hydrogen (secondary N) is 3. The summed E-state index contributed by atoms with van der Waals surface area (Å²) in [6, 6.07) is 8.75. The second kappa shape index (κ2) is 9.58. The van der Waals surface area contributed by atoms with Crippen LogP contribution in [0.4, 0.5) is 29.3 Å². The summed E-state index contributed by atoms with van der Waals surface area (Å²) in [4.78, 5) is 38.7. The van der Waals surface area contributed by atoms with Crippen LogP contribution in [0.15, 0.2) is 48.5 Å². The molecular formula is C21H21F3N4O4. The van der Waals surface area contributed by atoms with Gasteiger partial charge in [0, 0.05) is 24.5 Å². The van der Waals surface area contributed by atoms with Crippen molar-refractivity contribution < 1.29 is 32.3 Å². The van der Waals surface area contributed by atoms with Crippen LogP contribution < -0.4 is 20.7 Å². The molecule has 11 heteroatoms. The molecular weight excluding hydrogens is 429 g/mol. The molecule has 1 fully saturated rings. The standard InChI is InChI=1S/C21H21F3N4O4/c1-32-16-8-6-14(7-9-16)26-18(29)12-17-19(30)25-10-11-28(17)20(31)27-15-4-2-13(3-5-15)21(22,23)24/h2-9,17H,10-12H2,1H3,(H,25,30)(H,26,29)(H,27,31)/t17-/m1/s1. The molecule has 0 radical (unpaired) electrons. The predicted molar refractivity (Wildman–Crippen MR) is 110 cm³/mol. The summed E-state index contributed by atoms with van der Waals surface area (Å²) in [5.41, 5.74) is -0.218. The maximum atomic E-state index is 12.7. The van der Waals surface area contributed by atoms with Gasteiger partial charge in [0.05, 0.1) is 19.1 Å². The molecule has 1 atom stereocenters. The summed E-state index contributed by atoms with van der Waals surface area (Å²) in [5.74, 6) is -0.367. The molecule has 0 saturated carbocycles. The van der Waals surface area contributed by atoms with Gasteiger partial charge in [0.1, 0.15) is 11.8 Å². The van der Waals surface area contributed by atoms with Crippen LogP contribution in [0.5, 0.6) is 5.75 Å². The molecule has 2 aromatic rings. The largest absolute Gasteiger partial charge is 0.497 e. The van der Waals surface area contributed by atoms with Gasteiger partial charge in [-0.15, -0.1) is 0 Å². The molecule has 32 heavy (non-hydrogen) atoms. The van der Waals surface area contributed by atoms with E-state index in [9.17, 15) is 27.6 Å². The lowest BCUT2D eigenvalue weighted by Gasteiger charge is -2.34. The Labute approximate surface area is 181 Å². The summed E-state index contributed by atoms with van der Waals surface area (Å²) in [6.07, 6.45) is -4.78. The number of hydrogen-bond acceptors (Lipinski definition) is 4. The molecule has 1 aliphatic rings. The van der Waals surface area contributed by atoms with Crippen LogP contribution in [-0.4, -0.2) is 49.0 Å². The molecule has 0 unspecified atom stereocenters. The highest BCUT2D eigenvalue weighted by atomic mass is 19.4. The van der Waals surface area contributed by atoms with E-state index in [0.717, 1.165) is 24.3 Å². The summed E-state index contributed by atoms with van der Waals surface area (Å²) in [7, 11) is 1.51. The van der Waals surface area contributed by atoms with Crippen molar-refractivity contribution in [1.82, 2.24) is 10.2 Å². The molecule has 8 nitrogen and oxygen atoms in total. The van der Waals surface area contributed by atoms with Gasteiger partial charge in [-0.1, -0.05) is 0 Å². The maximum Gasteiger partial charge on any atom is 0.416 e. The lowest BCUT2D eigenvalue weighted by molar-refractivity contribution is -0.137. The van der Waals surface area contributed by atoms with Gasteiger partial charge in [0.25, 0.3) is 0 Å². The third-order valence-corrected chi connectivity index (χ3v) is 4.81. The van der Waals surface area contributed by atoms with Crippen LogP contribution in [0, 0.1) is 0 Å². The Kier molecular flexibility index (Phi) is 6.86. The van der Waals surface area contributed by atoms with Gasteiger partial charge in [-0.3, -0.25) is 9.59 Å². The Bertz CT molecular complexity index is 978. The summed E-state index contributed by atoms with van der Waals surface area (Å²) in [6.45, 7) is 0.328. The fourth-order valence-electron chi connectivity index (χ4n) is 3.16. The van der Waals surface area contributed by atoms with Crippen molar-refractivity contribution in [1.29, 1.82) is 0 Å². The SMILES string of the molecule is COc1ccc(NC(=O)C[C@@H]2C(=O)NCCN2C(=O)Nc2ccc(C(F)(F)F)cc2)cc1. The van der Waals surface area contributed by atoms with E-state index in [2.05, 4.69) is 16.0 Å². The number of amides is 4. The molecule has 3 N–H and O–H groups in total. The monoisotopic (exact) mass is 450 g/mol. The minimum absolute atomic E-state index is 0.135. The van der Waals surface area contributed by atoms with E-state index < -0.39 is 35.6 Å². The fraction of sp³-hybridized carbons (Fsp3) is 0.286. The quantitative estimate of drug-likeness (QED) is 0.652. The van der Waals surface area contributed by atoms with Crippen molar-refractivity contribution in [3.8, 4) is 5.75 Å². The topological polar surface area (TPSA) is 99.8 Å². The van der Waals surface area contributed by atoms with Gasteiger partial charge in [-0.2, -0.15) is 13.2 Å². The second-order valence-corrected chi connectivity index (χ2v) is 6.99. The van der Waals surface area contributed by atoms with E-state index >= 15 is 0 Å². The summed E-state index contributed by atoms with van der Waals surface area (Å²) >= 11 is 0. The number of ether oxygens (including phenoxy) is 1. The highest BCUT2D eigenvalue weighted by molar-refractivity contribution is 5.99. The number of alkyl halides is 3. The Hall–Kier alpha value is -3.76. The fourth-order valence-corrected chi connectivity index (χ4v) is 3.16. The number of carbonyl (C=O) groups excluding carboxylic acids is 3. The van der Waals surface area contributed by atoms with Crippen LogP contribution in [-0.2, 0) is 15.8 Å². The number of hydrogen-bond donors (Lipinski definition) is 3. The first-order valence-electron chi connectivity index (χ1n) is 9.64. The van der Waals surface area contributed by atoms with Crippen molar-refractivity contribution in [3.05, 3.63) is 54.1 Å². The number of carbonyl (C=O) groups is 3. The number of piperazine rings is 1. The molecule has 2 aromatic carbocycles. The predicted octanol–water partition coefficient (Wildman–Crippen LogP) is 3.08. The Morgan fingerprint density at radius 2 is 1.66 bits per heavy atom. The number of anilines is 2. The van der Waals surface area contributed by atoms with E-state index in [-0.39, 0.29) is 25.2 Å². The van der Waals surface area contributed by atoms with Crippen molar-refractivity contribution in [2.75, 3.05) is 30.8 Å². The molecule has 170 valence electrons. The molecule has 4 amide bonds. The van der Waals surface area contributed by atoms with E-state index in [1.807, 2.05) is 0 Å². The van der Waals surface area contributed by atoms with Crippen molar-refractivity contribution in [2.24, 2.45) is 0 Å². The zero-order valence-corrected chi connectivity index (χ0v) is 17.0. The summed E-state index contributed by atoms with van der Waals surface area (Å²) in [5, 5.41) is 7.73. The molecule has 0 aliphatic carbocycles. The van der Waals surface area contributed by atoms with Crippen molar-refractivity contribution >= 4 is 29.2 Å². The van der Waals surface area contributed by atoms with Gasteiger partial charge in [-0.25, -0.2) is 4.79 Å².